The third-order valence-corrected chi connectivity index (χ3v) is 4.77. The van der Waals surface area contributed by atoms with Gasteiger partial charge in [-0.1, -0.05) is 0 Å². The molecule has 3 aromatic rings. The Hall–Kier alpha value is -3.37. The zero-order valence-electron chi connectivity index (χ0n) is 14.9. The number of rotatable bonds is 4. The first-order chi connectivity index (χ1) is 13.2. The Kier molecular flexibility index (Phi) is 4.48. The average Bonchev–Trinajstić information content (AvgIpc) is 3.39. The standard InChI is InChI=1S/C20H19N5O2/c1-26-16-4-2-15(3-5-16)25-11-14(10-23-25)19-8-17(13-6-7-27-12-13)18(9-21)20(22)24-19/h2-5,8,10-11,13H,6-7,12H2,1H3,(H2,22,24)/t13-/m0/s1. The molecule has 0 spiro atoms. The van der Waals surface area contributed by atoms with Crippen molar-refractivity contribution in [2.24, 2.45) is 0 Å². The topological polar surface area (TPSA) is 99.0 Å². The summed E-state index contributed by atoms with van der Waals surface area (Å²) >= 11 is 0. The number of aromatic nitrogens is 3. The van der Waals surface area contributed by atoms with E-state index in [1.54, 1.807) is 18.0 Å². The molecule has 4 rings (SSSR count). The Bertz CT molecular complexity index is 998. The van der Waals surface area contributed by atoms with Crippen LogP contribution in [0.25, 0.3) is 16.9 Å². The van der Waals surface area contributed by atoms with E-state index in [1.165, 1.54) is 0 Å². The number of anilines is 1. The molecule has 0 saturated carbocycles. The number of ether oxygens (including phenoxy) is 2. The van der Waals surface area contributed by atoms with Crippen LogP contribution < -0.4 is 10.5 Å². The van der Waals surface area contributed by atoms with E-state index in [9.17, 15) is 5.26 Å². The summed E-state index contributed by atoms with van der Waals surface area (Å²) < 4.78 is 12.4. The summed E-state index contributed by atoms with van der Waals surface area (Å²) in [6, 6.07) is 11.7. The fourth-order valence-electron chi connectivity index (χ4n) is 3.29. The van der Waals surface area contributed by atoms with Crippen molar-refractivity contribution in [3.8, 4) is 28.8 Å². The molecule has 2 aromatic heterocycles. The Morgan fingerprint density at radius 2 is 2.15 bits per heavy atom. The molecule has 7 nitrogen and oxygen atoms in total. The number of hydrogen-bond donors (Lipinski definition) is 1. The first-order valence-corrected chi connectivity index (χ1v) is 8.67. The fraction of sp³-hybridized carbons (Fsp3) is 0.250. The van der Waals surface area contributed by atoms with E-state index in [0.717, 1.165) is 29.0 Å². The van der Waals surface area contributed by atoms with E-state index in [4.69, 9.17) is 15.2 Å². The number of benzene rings is 1. The molecule has 136 valence electrons. The second kappa shape index (κ2) is 7.09. The quantitative estimate of drug-likeness (QED) is 0.767. The molecule has 0 radical (unpaired) electrons. The van der Waals surface area contributed by atoms with Gasteiger partial charge in [-0.25, -0.2) is 9.67 Å². The zero-order chi connectivity index (χ0) is 18.8. The summed E-state index contributed by atoms with van der Waals surface area (Å²) in [5.41, 5.74) is 9.86. The Morgan fingerprint density at radius 1 is 1.33 bits per heavy atom. The van der Waals surface area contributed by atoms with Crippen LogP contribution in [0.3, 0.4) is 0 Å². The smallest absolute Gasteiger partial charge is 0.142 e. The largest absolute Gasteiger partial charge is 0.497 e. The van der Waals surface area contributed by atoms with Crippen molar-refractivity contribution in [3.05, 3.63) is 53.9 Å². The van der Waals surface area contributed by atoms with Crippen LogP contribution >= 0.6 is 0 Å². The lowest BCUT2D eigenvalue weighted by atomic mass is 9.93. The molecule has 0 unspecified atom stereocenters. The van der Waals surface area contributed by atoms with E-state index >= 15 is 0 Å². The van der Waals surface area contributed by atoms with Crippen molar-refractivity contribution in [2.45, 2.75) is 12.3 Å². The van der Waals surface area contributed by atoms with Crippen LogP contribution in [0.5, 0.6) is 5.75 Å². The predicted octanol–water partition coefficient (Wildman–Crippen LogP) is 2.90. The molecule has 1 atom stereocenters. The first kappa shape index (κ1) is 17.1. The maximum absolute atomic E-state index is 9.48. The van der Waals surface area contributed by atoms with E-state index in [-0.39, 0.29) is 11.7 Å². The van der Waals surface area contributed by atoms with E-state index in [1.807, 2.05) is 36.5 Å². The van der Waals surface area contributed by atoms with Crippen molar-refractivity contribution in [2.75, 3.05) is 26.1 Å². The Balaban J connectivity index is 1.71. The molecule has 7 heteroatoms. The molecule has 27 heavy (non-hydrogen) atoms. The number of nitrogens with zero attached hydrogens (tertiary/aromatic N) is 4. The highest BCUT2D eigenvalue weighted by Gasteiger charge is 2.24. The van der Waals surface area contributed by atoms with Crippen molar-refractivity contribution < 1.29 is 9.47 Å². The molecule has 3 heterocycles. The zero-order valence-corrected chi connectivity index (χ0v) is 14.9. The van der Waals surface area contributed by atoms with Crippen molar-refractivity contribution in [1.82, 2.24) is 14.8 Å². The minimum absolute atomic E-state index is 0.167. The molecule has 1 aliphatic rings. The minimum atomic E-state index is 0.167. The average molecular weight is 361 g/mol. The van der Waals surface area contributed by atoms with Gasteiger partial charge in [-0.3, -0.25) is 0 Å². The van der Waals surface area contributed by atoms with Gasteiger partial charge in [-0.2, -0.15) is 10.4 Å². The molecule has 2 N–H and O–H groups in total. The number of methoxy groups -OCH3 is 1. The number of nitrogen functional groups attached to an aromatic ring is 1. The molecular weight excluding hydrogens is 342 g/mol. The highest BCUT2D eigenvalue weighted by molar-refractivity contribution is 5.66. The van der Waals surface area contributed by atoms with Crippen LogP contribution in [0.1, 0.15) is 23.5 Å². The van der Waals surface area contributed by atoms with E-state index in [2.05, 4.69) is 16.2 Å². The third-order valence-electron chi connectivity index (χ3n) is 4.77. The molecule has 1 aromatic carbocycles. The second-order valence-corrected chi connectivity index (χ2v) is 6.40. The van der Waals surface area contributed by atoms with Gasteiger partial charge in [0.15, 0.2) is 0 Å². The van der Waals surface area contributed by atoms with Crippen LogP contribution in [-0.4, -0.2) is 35.1 Å². The first-order valence-electron chi connectivity index (χ1n) is 8.67. The van der Waals surface area contributed by atoms with Crippen LogP contribution in [0.4, 0.5) is 5.82 Å². The minimum Gasteiger partial charge on any atom is -0.497 e. The molecule has 0 amide bonds. The van der Waals surface area contributed by atoms with Crippen LogP contribution in [0.15, 0.2) is 42.7 Å². The number of pyridine rings is 1. The summed E-state index contributed by atoms with van der Waals surface area (Å²) in [6.45, 7) is 1.30. The molecule has 0 aliphatic carbocycles. The highest BCUT2D eigenvalue weighted by Crippen LogP contribution is 2.33. The number of nitriles is 1. The van der Waals surface area contributed by atoms with Crippen LogP contribution in [-0.2, 0) is 4.74 Å². The van der Waals surface area contributed by atoms with E-state index in [0.29, 0.717) is 24.5 Å². The third kappa shape index (κ3) is 3.23. The Labute approximate surface area is 157 Å². The lowest BCUT2D eigenvalue weighted by Crippen LogP contribution is -2.06. The van der Waals surface area contributed by atoms with Gasteiger partial charge < -0.3 is 15.2 Å². The maximum Gasteiger partial charge on any atom is 0.142 e. The van der Waals surface area contributed by atoms with E-state index < -0.39 is 0 Å². The molecule has 1 fully saturated rings. The highest BCUT2D eigenvalue weighted by atomic mass is 16.5. The summed E-state index contributed by atoms with van der Waals surface area (Å²) in [4.78, 5) is 4.42. The van der Waals surface area contributed by atoms with Crippen molar-refractivity contribution >= 4 is 5.82 Å². The van der Waals surface area contributed by atoms with Gasteiger partial charge in [-0.15, -0.1) is 0 Å². The lowest BCUT2D eigenvalue weighted by Gasteiger charge is -2.13. The molecular formula is C20H19N5O2. The summed E-state index contributed by atoms with van der Waals surface area (Å²) in [5.74, 6) is 1.20. The van der Waals surface area contributed by atoms with Crippen LogP contribution in [0, 0.1) is 11.3 Å². The van der Waals surface area contributed by atoms with Crippen molar-refractivity contribution in [1.29, 1.82) is 5.26 Å². The lowest BCUT2D eigenvalue weighted by molar-refractivity contribution is 0.194. The molecule has 0 bridgehead atoms. The molecule has 1 saturated heterocycles. The SMILES string of the molecule is COc1ccc(-n2cc(-c3cc([C@H]4CCOC4)c(C#N)c(N)n3)cn2)cc1. The van der Waals surface area contributed by atoms with Gasteiger partial charge in [0.1, 0.15) is 17.6 Å². The van der Waals surface area contributed by atoms with Gasteiger partial charge in [0.25, 0.3) is 0 Å². The fourth-order valence-corrected chi connectivity index (χ4v) is 3.29. The summed E-state index contributed by atoms with van der Waals surface area (Å²) in [5, 5.41) is 13.9. The maximum atomic E-state index is 9.48. The monoisotopic (exact) mass is 361 g/mol. The number of hydrogen-bond acceptors (Lipinski definition) is 6. The number of nitrogens with two attached hydrogens (primary N) is 1. The summed E-state index contributed by atoms with van der Waals surface area (Å²) in [6.07, 6.45) is 4.51. The van der Waals surface area contributed by atoms with Crippen molar-refractivity contribution in [3.63, 3.8) is 0 Å². The van der Waals surface area contributed by atoms with Gasteiger partial charge in [0.05, 0.1) is 36.9 Å². The van der Waals surface area contributed by atoms with Gasteiger partial charge >= 0.3 is 0 Å². The molecule has 1 aliphatic heterocycles. The Morgan fingerprint density at radius 3 is 2.81 bits per heavy atom. The van der Waals surface area contributed by atoms with Crippen LogP contribution in [0.2, 0.25) is 0 Å². The normalized spacial score (nSPS) is 16.2. The van der Waals surface area contributed by atoms with Gasteiger partial charge in [0, 0.05) is 24.3 Å². The van der Waals surface area contributed by atoms with Gasteiger partial charge in [0.2, 0.25) is 0 Å². The second-order valence-electron chi connectivity index (χ2n) is 6.40. The predicted molar refractivity (Wildman–Crippen MR) is 101 cm³/mol. The summed E-state index contributed by atoms with van der Waals surface area (Å²) in [7, 11) is 1.63. The van der Waals surface area contributed by atoms with Gasteiger partial charge in [-0.05, 0) is 42.3 Å².